The number of amides is 1. The van der Waals surface area contributed by atoms with E-state index in [9.17, 15) is 13.2 Å². The summed E-state index contributed by atoms with van der Waals surface area (Å²) in [5.74, 6) is -0.899. The first-order valence-corrected chi connectivity index (χ1v) is 9.17. The van der Waals surface area contributed by atoms with E-state index in [1.54, 1.807) is 18.2 Å². The van der Waals surface area contributed by atoms with Crippen LogP contribution >= 0.6 is 0 Å². The van der Waals surface area contributed by atoms with Crippen molar-refractivity contribution in [3.63, 3.8) is 0 Å². The van der Waals surface area contributed by atoms with Gasteiger partial charge in [-0.3, -0.25) is 9.35 Å². The molecule has 0 aromatic heterocycles. The average Bonchev–Trinajstić information content (AvgIpc) is 2.55. The van der Waals surface area contributed by atoms with Gasteiger partial charge in [0.15, 0.2) is 0 Å². The van der Waals surface area contributed by atoms with Crippen LogP contribution in [-0.2, 0) is 16.5 Å². The lowest BCUT2D eigenvalue weighted by atomic mass is 10.1. The summed E-state index contributed by atoms with van der Waals surface area (Å²) >= 11 is 0. The summed E-state index contributed by atoms with van der Waals surface area (Å²) < 4.78 is 30.1. The third-order valence-electron chi connectivity index (χ3n) is 3.39. The van der Waals surface area contributed by atoms with Crippen LogP contribution in [0.1, 0.15) is 15.9 Å². The van der Waals surface area contributed by atoms with Gasteiger partial charge in [-0.1, -0.05) is 42.5 Å². The van der Waals surface area contributed by atoms with E-state index in [1.165, 1.54) is 5.56 Å². The van der Waals surface area contributed by atoms with Crippen LogP contribution in [0.4, 0.5) is 5.69 Å². The van der Waals surface area contributed by atoms with Crippen LogP contribution in [-0.4, -0.2) is 37.7 Å². The molecule has 6 nitrogen and oxygen atoms in total. The van der Waals surface area contributed by atoms with Crippen LogP contribution < -0.4 is 10.6 Å². The Balaban J connectivity index is 1.92. The zero-order valence-corrected chi connectivity index (χ0v) is 13.9. The average molecular weight is 348 g/mol. The van der Waals surface area contributed by atoms with Crippen LogP contribution in [0.2, 0.25) is 0 Å². The zero-order valence-electron chi connectivity index (χ0n) is 13.1. The van der Waals surface area contributed by atoms with Gasteiger partial charge in [-0.05, 0) is 24.1 Å². The highest BCUT2D eigenvalue weighted by Crippen LogP contribution is 2.15. The molecule has 0 saturated heterocycles. The maximum absolute atomic E-state index is 12.2. The number of rotatable bonds is 8. The fourth-order valence-electron chi connectivity index (χ4n) is 2.21. The molecule has 0 bridgehead atoms. The monoisotopic (exact) mass is 348 g/mol. The van der Waals surface area contributed by atoms with E-state index in [-0.39, 0.29) is 12.5 Å². The molecule has 24 heavy (non-hydrogen) atoms. The van der Waals surface area contributed by atoms with E-state index < -0.39 is 15.9 Å². The Labute approximate surface area is 141 Å². The van der Waals surface area contributed by atoms with Crippen LogP contribution in [0.15, 0.2) is 54.6 Å². The molecule has 128 valence electrons. The molecule has 1 amide bonds. The number of benzene rings is 2. The van der Waals surface area contributed by atoms with E-state index in [0.29, 0.717) is 17.8 Å². The number of anilines is 1. The molecular formula is C17H20N2O4S. The fourth-order valence-corrected chi connectivity index (χ4v) is 2.57. The maximum atomic E-state index is 12.2. The molecule has 0 fully saturated rings. The maximum Gasteiger partial charge on any atom is 0.266 e. The van der Waals surface area contributed by atoms with Crippen molar-refractivity contribution < 1.29 is 17.8 Å². The van der Waals surface area contributed by atoms with Crippen molar-refractivity contribution in [1.29, 1.82) is 0 Å². The summed E-state index contributed by atoms with van der Waals surface area (Å²) in [5.41, 5.74) is 2.30. The molecule has 0 aliphatic heterocycles. The Kier molecular flexibility index (Phi) is 6.34. The summed E-state index contributed by atoms with van der Waals surface area (Å²) in [7, 11) is -4.09. The number of hydrogen-bond donors (Lipinski definition) is 3. The van der Waals surface area contributed by atoms with E-state index in [1.807, 2.05) is 36.4 Å². The van der Waals surface area contributed by atoms with Gasteiger partial charge < -0.3 is 10.6 Å². The molecule has 3 N–H and O–H groups in total. The minimum Gasteiger partial charge on any atom is -0.384 e. The summed E-state index contributed by atoms with van der Waals surface area (Å²) in [5, 5.41) is 5.71. The SMILES string of the molecule is O=C(NCCS(=O)(=O)O)c1ccccc1NCCc1ccccc1. The number of carbonyl (C=O) groups excluding carboxylic acids is 1. The molecule has 0 aliphatic rings. The molecule has 0 radical (unpaired) electrons. The molecule has 0 heterocycles. The van der Waals surface area contributed by atoms with Crippen LogP contribution in [0, 0.1) is 0 Å². The second kappa shape index (κ2) is 8.47. The lowest BCUT2D eigenvalue weighted by molar-refractivity contribution is 0.0957. The van der Waals surface area contributed by atoms with Crippen LogP contribution in [0.5, 0.6) is 0 Å². The third kappa shape index (κ3) is 6.02. The highest BCUT2D eigenvalue weighted by Gasteiger charge is 2.12. The minimum absolute atomic E-state index is 0.143. The largest absolute Gasteiger partial charge is 0.384 e. The van der Waals surface area contributed by atoms with Gasteiger partial charge in [0.25, 0.3) is 16.0 Å². The lowest BCUT2D eigenvalue weighted by Crippen LogP contribution is -2.29. The normalized spacial score (nSPS) is 11.0. The van der Waals surface area contributed by atoms with Gasteiger partial charge in [-0.25, -0.2) is 0 Å². The fraction of sp³-hybridized carbons (Fsp3) is 0.235. The lowest BCUT2D eigenvalue weighted by Gasteiger charge is -2.12. The van der Waals surface area contributed by atoms with Gasteiger partial charge in [-0.2, -0.15) is 8.42 Å². The summed E-state index contributed by atoms with van der Waals surface area (Å²) in [6.07, 6.45) is 0.819. The summed E-state index contributed by atoms with van der Waals surface area (Å²) in [6, 6.07) is 17.0. The Morgan fingerprint density at radius 1 is 0.958 bits per heavy atom. The first-order chi connectivity index (χ1) is 11.5. The molecule has 0 aliphatic carbocycles. The smallest absolute Gasteiger partial charge is 0.266 e. The van der Waals surface area contributed by atoms with E-state index in [2.05, 4.69) is 10.6 Å². The van der Waals surface area contributed by atoms with Gasteiger partial charge in [0.05, 0.1) is 11.3 Å². The van der Waals surface area contributed by atoms with Crippen LogP contribution in [0.25, 0.3) is 0 Å². The van der Waals surface area contributed by atoms with Gasteiger partial charge in [0.2, 0.25) is 0 Å². The number of hydrogen-bond acceptors (Lipinski definition) is 4. The predicted octanol–water partition coefficient (Wildman–Crippen LogP) is 1.96. The van der Waals surface area contributed by atoms with Gasteiger partial charge >= 0.3 is 0 Å². The topological polar surface area (TPSA) is 95.5 Å². The van der Waals surface area contributed by atoms with Crippen molar-refractivity contribution in [1.82, 2.24) is 5.32 Å². The highest BCUT2D eigenvalue weighted by atomic mass is 32.2. The molecule has 2 rings (SSSR count). The number of nitrogens with one attached hydrogen (secondary N) is 2. The molecule has 0 atom stereocenters. The van der Waals surface area contributed by atoms with Gasteiger partial charge in [-0.15, -0.1) is 0 Å². The second-order valence-corrected chi connectivity index (χ2v) is 6.82. The molecule has 2 aromatic rings. The van der Waals surface area contributed by atoms with E-state index in [0.717, 1.165) is 6.42 Å². The molecular weight excluding hydrogens is 328 g/mol. The van der Waals surface area contributed by atoms with E-state index >= 15 is 0 Å². The Hall–Kier alpha value is -2.38. The van der Waals surface area contributed by atoms with Crippen molar-refractivity contribution in [3.05, 3.63) is 65.7 Å². The van der Waals surface area contributed by atoms with Crippen molar-refractivity contribution >= 4 is 21.7 Å². The first-order valence-electron chi connectivity index (χ1n) is 7.56. The van der Waals surface area contributed by atoms with Crippen LogP contribution in [0.3, 0.4) is 0 Å². The number of para-hydroxylation sites is 1. The zero-order chi connectivity index (χ0) is 17.4. The quantitative estimate of drug-likeness (QED) is 0.634. The Morgan fingerprint density at radius 3 is 2.33 bits per heavy atom. The molecule has 0 saturated carbocycles. The van der Waals surface area contributed by atoms with Gasteiger partial charge in [0.1, 0.15) is 0 Å². The Bertz CT molecular complexity index is 776. The first kappa shape index (κ1) is 18.0. The molecule has 2 aromatic carbocycles. The van der Waals surface area contributed by atoms with Crippen molar-refractivity contribution in [2.45, 2.75) is 6.42 Å². The standard InChI is InChI=1S/C17H20N2O4S/c20-17(19-12-13-24(21,22)23)15-8-4-5-9-16(15)18-11-10-14-6-2-1-3-7-14/h1-9,18H,10-13H2,(H,19,20)(H,21,22,23). The van der Waals surface area contributed by atoms with Crippen molar-refractivity contribution in [2.75, 3.05) is 24.2 Å². The molecule has 0 spiro atoms. The van der Waals surface area contributed by atoms with Crippen molar-refractivity contribution in [2.24, 2.45) is 0 Å². The summed E-state index contributed by atoms with van der Waals surface area (Å²) in [4.78, 5) is 12.2. The Morgan fingerprint density at radius 2 is 1.62 bits per heavy atom. The van der Waals surface area contributed by atoms with Gasteiger partial charge in [0, 0.05) is 18.8 Å². The molecule has 0 unspecified atom stereocenters. The second-order valence-electron chi connectivity index (χ2n) is 5.25. The highest BCUT2D eigenvalue weighted by molar-refractivity contribution is 7.85. The predicted molar refractivity (Wildman–Crippen MR) is 93.8 cm³/mol. The molecule has 7 heteroatoms. The third-order valence-corrected chi connectivity index (χ3v) is 4.11. The van der Waals surface area contributed by atoms with Crippen molar-refractivity contribution in [3.8, 4) is 0 Å². The minimum atomic E-state index is -4.09. The van der Waals surface area contributed by atoms with E-state index in [4.69, 9.17) is 4.55 Å². The summed E-state index contributed by atoms with van der Waals surface area (Å²) in [6.45, 7) is 0.523. The number of carbonyl (C=O) groups is 1.